The third kappa shape index (κ3) is 2.05. The molecule has 0 spiro atoms. The molecule has 0 saturated carbocycles. The Hall–Kier alpha value is -1.39. The maximum absolute atomic E-state index is 13.3. The summed E-state index contributed by atoms with van der Waals surface area (Å²) < 4.78 is 14.8. The Bertz CT molecular complexity index is 320. The number of carbonyl (C=O) groups is 1. The van der Waals surface area contributed by atoms with Gasteiger partial charge in [0.05, 0.1) is 6.54 Å². The lowest BCUT2D eigenvalue weighted by Crippen LogP contribution is -2.35. The SMILES string of the molecule is Cc1nccn1CC(C)(F)C(=O)O. The average molecular weight is 186 g/mol. The first-order valence-corrected chi connectivity index (χ1v) is 3.83. The molecule has 1 aromatic heterocycles. The van der Waals surface area contributed by atoms with Crippen LogP contribution < -0.4 is 0 Å². The number of imidazole rings is 1. The minimum absolute atomic E-state index is 0.214. The molecule has 13 heavy (non-hydrogen) atoms. The van der Waals surface area contributed by atoms with E-state index in [9.17, 15) is 9.18 Å². The molecule has 0 bridgehead atoms. The van der Waals surface area contributed by atoms with Crippen molar-refractivity contribution in [3.63, 3.8) is 0 Å². The number of hydrogen-bond acceptors (Lipinski definition) is 2. The van der Waals surface area contributed by atoms with Crippen LogP contribution in [0.5, 0.6) is 0 Å². The predicted molar refractivity (Wildman–Crippen MR) is 44.1 cm³/mol. The summed E-state index contributed by atoms with van der Waals surface area (Å²) in [6.45, 7) is 2.51. The number of nitrogens with zero attached hydrogens (tertiary/aromatic N) is 2. The van der Waals surface area contributed by atoms with E-state index >= 15 is 0 Å². The van der Waals surface area contributed by atoms with Gasteiger partial charge in [0.1, 0.15) is 5.82 Å². The van der Waals surface area contributed by atoms with E-state index in [1.54, 1.807) is 13.1 Å². The van der Waals surface area contributed by atoms with Gasteiger partial charge in [-0.25, -0.2) is 14.2 Å². The van der Waals surface area contributed by atoms with E-state index in [1.165, 1.54) is 10.8 Å². The molecule has 0 saturated heterocycles. The molecule has 0 amide bonds. The summed E-state index contributed by atoms with van der Waals surface area (Å²) in [5, 5.41) is 8.52. The Labute approximate surface area is 75.0 Å². The van der Waals surface area contributed by atoms with Gasteiger partial charge < -0.3 is 9.67 Å². The largest absolute Gasteiger partial charge is 0.479 e. The van der Waals surface area contributed by atoms with Gasteiger partial charge in [0.2, 0.25) is 5.67 Å². The summed E-state index contributed by atoms with van der Waals surface area (Å²) >= 11 is 0. The van der Waals surface area contributed by atoms with Crippen LogP contribution in [0.1, 0.15) is 12.7 Å². The van der Waals surface area contributed by atoms with Crippen molar-refractivity contribution >= 4 is 5.97 Å². The minimum atomic E-state index is -2.24. The monoisotopic (exact) mass is 186 g/mol. The summed E-state index contributed by atoms with van der Waals surface area (Å²) in [5.74, 6) is -0.856. The van der Waals surface area contributed by atoms with Gasteiger partial charge >= 0.3 is 5.97 Å². The summed E-state index contributed by atoms with van der Waals surface area (Å²) in [5.41, 5.74) is -2.24. The van der Waals surface area contributed by atoms with Crippen LogP contribution in [0, 0.1) is 6.92 Å². The zero-order valence-electron chi connectivity index (χ0n) is 7.49. The molecule has 0 aromatic carbocycles. The highest BCUT2D eigenvalue weighted by atomic mass is 19.1. The first-order chi connectivity index (χ1) is 5.93. The molecular formula is C8H11FN2O2. The van der Waals surface area contributed by atoms with Crippen LogP contribution >= 0.6 is 0 Å². The molecule has 72 valence electrons. The normalized spacial score (nSPS) is 15.3. The second-order valence-electron chi connectivity index (χ2n) is 3.10. The molecule has 5 heteroatoms. The van der Waals surface area contributed by atoms with Gasteiger partial charge in [-0.05, 0) is 13.8 Å². The fraction of sp³-hybridized carbons (Fsp3) is 0.500. The van der Waals surface area contributed by atoms with Crippen molar-refractivity contribution in [3.8, 4) is 0 Å². The highest BCUT2D eigenvalue weighted by Gasteiger charge is 2.33. The Balaban J connectivity index is 2.80. The lowest BCUT2D eigenvalue weighted by Gasteiger charge is -2.16. The molecule has 1 heterocycles. The molecule has 1 rings (SSSR count). The van der Waals surface area contributed by atoms with Crippen molar-refractivity contribution in [2.75, 3.05) is 0 Å². The molecule has 1 unspecified atom stereocenters. The van der Waals surface area contributed by atoms with Gasteiger partial charge in [0, 0.05) is 12.4 Å². The maximum Gasteiger partial charge on any atom is 0.343 e. The van der Waals surface area contributed by atoms with Crippen LogP contribution in [0.2, 0.25) is 0 Å². The third-order valence-corrected chi connectivity index (χ3v) is 1.84. The summed E-state index contributed by atoms with van der Waals surface area (Å²) in [4.78, 5) is 14.3. The lowest BCUT2D eigenvalue weighted by atomic mass is 10.1. The molecule has 0 fully saturated rings. The standard InChI is InChI=1S/C8H11FN2O2/c1-6-10-3-4-11(6)5-8(2,9)7(12)13/h3-4H,5H2,1-2H3,(H,12,13). The number of carboxylic acids is 1. The second-order valence-corrected chi connectivity index (χ2v) is 3.10. The summed E-state index contributed by atoms with van der Waals surface area (Å²) in [7, 11) is 0. The zero-order chi connectivity index (χ0) is 10.1. The zero-order valence-corrected chi connectivity index (χ0v) is 7.49. The minimum Gasteiger partial charge on any atom is -0.479 e. The quantitative estimate of drug-likeness (QED) is 0.766. The van der Waals surface area contributed by atoms with Crippen molar-refractivity contribution in [1.29, 1.82) is 0 Å². The van der Waals surface area contributed by atoms with Crippen molar-refractivity contribution < 1.29 is 14.3 Å². The third-order valence-electron chi connectivity index (χ3n) is 1.84. The number of rotatable bonds is 3. The van der Waals surface area contributed by atoms with Gasteiger partial charge in [0.25, 0.3) is 0 Å². The topological polar surface area (TPSA) is 55.1 Å². The number of halogens is 1. The molecule has 1 atom stereocenters. The van der Waals surface area contributed by atoms with Crippen LogP contribution in [0.15, 0.2) is 12.4 Å². The smallest absolute Gasteiger partial charge is 0.343 e. The molecule has 0 aliphatic heterocycles. The highest BCUT2D eigenvalue weighted by Crippen LogP contribution is 2.14. The number of aromatic nitrogens is 2. The number of hydrogen-bond donors (Lipinski definition) is 1. The van der Waals surface area contributed by atoms with Gasteiger partial charge in [-0.2, -0.15) is 0 Å². The van der Waals surface area contributed by atoms with Gasteiger partial charge in [-0.1, -0.05) is 0 Å². The van der Waals surface area contributed by atoms with Gasteiger partial charge in [-0.15, -0.1) is 0 Å². The molecule has 1 aromatic rings. The number of aryl methyl sites for hydroxylation is 1. The number of carboxylic acid groups (broad SMARTS) is 1. The summed E-state index contributed by atoms with van der Waals surface area (Å²) in [6.07, 6.45) is 3.06. The summed E-state index contributed by atoms with van der Waals surface area (Å²) in [6, 6.07) is 0. The first kappa shape index (κ1) is 9.70. The number of aliphatic carboxylic acids is 1. The molecular weight excluding hydrogens is 175 g/mol. The molecule has 0 aliphatic rings. The molecule has 4 nitrogen and oxygen atoms in total. The van der Waals surface area contributed by atoms with Crippen LogP contribution in [0.4, 0.5) is 4.39 Å². The van der Waals surface area contributed by atoms with Crippen LogP contribution in [0.3, 0.4) is 0 Å². The predicted octanol–water partition coefficient (Wildman–Crippen LogP) is 1.00. The Morgan fingerprint density at radius 3 is 2.85 bits per heavy atom. The first-order valence-electron chi connectivity index (χ1n) is 3.83. The van der Waals surface area contributed by atoms with Crippen molar-refractivity contribution in [2.24, 2.45) is 0 Å². The Morgan fingerprint density at radius 1 is 1.85 bits per heavy atom. The van der Waals surface area contributed by atoms with E-state index < -0.39 is 11.6 Å². The highest BCUT2D eigenvalue weighted by molar-refractivity contribution is 5.76. The van der Waals surface area contributed by atoms with Crippen LogP contribution in [0.25, 0.3) is 0 Å². The average Bonchev–Trinajstić information content (AvgIpc) is 2.35. The van der Waals surface area contributed by atoms with Crippen LogP contribution in [-0.4, -0.2) is 26.3 Å². The van der Waals surface area contributed by atoms with E-state index in [0.29, 0.717) is 5.82 Å². The van der Waals surface area contributed by atoms with Crippen LogP contribution in [-0.2, 0) is 11.3 Å². The van der Waals surface area contributed by atoms with E-state index in [-0.39, 0.29) is 6.54 Å². The van der Waals surface area contributed by atoms with Crippen molar-refractivity contribution in [3.05, 3.63) is 18.2 Å². The van der Waals surface area contributed by atoms with Gasteiger partial charge in [-0.3, -0.25) is 0 Å². The van der Waals surface area contributed by atoms with Crippen molar-refractivity contribution in [2.45, 2.75) is 26.1 Å². The van der Waals surface area contributed by atoms with Crippen molar-refractivity contribution in [1.82, 2.24) is 9.55 Å². The molecule has 1 N–H and O–H groups in total. The number of alkyl halides is 1. The molecule has 0 radical (unpaired) electrons. The van der Waals surface area contributed by atoms with E-state index in [0.717, 1.165) is 6.92 Å². The van der Waals surface area contributed by atoms with E-state index in [2.05, 4.69) is 4.98 Å². The Kier molecular flexibility index (Phi) is 2.36. The van der Waals surface area contributed by atoms with E-state index in [4.69, 9.17) is 5.11 Å². The molecule has 0 aliphatic carbocycles. The van der Waals surface area contributed by atoms with E-state index in [1.807, 2.05) is 0 Å². The maximum atomic E-state index is 13.3. The second kappa shape index (κ2) is 3.16. The fourth-order valence-corrected chi connectivity index (χ4v) is 0.958. The van der Waals surface area contributed by atoms with Gasteiger partial charge in [0.15, 0.2) is 0 Å². The lowest BCUT2D eigenvalue weighted by molar-refractivity contribution is -0.150. The fourth-order valence-electron chi connectivity index (χ4n) is 0.958. The Morgan fingerprint density at radius 2 is 2.46 bits per heavy atom.